The summed E-state index contributed by atoms with van der Waals surface area (Å²) in [6.07, 6.45) is 6.30. The second-order valence-electron chi connectivity index (χ2n) is 7.28. The number of amides is 1. The Hall–Kier alpha value is -2.35. The summed E-state index contributed by atoms with van der Waals surface area (Å²) >= 11 is 0. The van der Waals surface area contributed by atoms with Crippen molar-refractivity contribution in [2.75, 3.05) is 13.1 Å². The maximum atomic E-state index is 12.2. The minimum absolute atomic E-state index is 0.227. The molecule has 1 aliphatic heterocycles. The summed E-state index contributed by atoms with van der Waals surface area (Å²) in [6.45, 7) is 7.08. The van der Waals surface area contributed by atoms with Gasteiger partial charge in [0.05, 0.1) is 5.56 Å². The monoisotopic (exact) mass is 311 g/mol. The molecule has 0 bridgehead atoms. The van der Waals surface area contributed by atoms with Gasteiger partial charge in [-0.15, -0.1) is 0 Å². The van der Waals surface area contributed by atoms with Gasteiger partial charge in [0.2, 0.25) is 0 Å². The SMILES string of the molecule is CC(C)(C)OC(=O)N1C[C@H]2CC(c3cncc(C#N)c3)=C[C@H]2C1. The van der Waals surface area contributed by atoms with Crippen molar-refractivity contribution in [3.05, 3.63) is 35.7 Å². The molecule has 0 N–H and O–H groups in total. The van der Waals surface area contributed by atoms with E-state index in [-0.39, 0.29) is 6.09 Å². The molecule has 0 spiro atoms. The summed E-state index contributed by atoms with van der Waals surface area (Å²) < 4.78 is 5.45. The lowest BCUT2D eigenvalue weighted by atomic mass is 9.98. The van der Waals surface area contributed by atoms with Crippen LogP contribution in [0, 0.1) is 23.2 Å². The number of allylic oxidation sites excluding steroid dienone is 1. The topological polar surface area (TPSA) is 66.2 Å². The van der Waals surface area contributed by atoms with Gasteiger partial charge in [0.15, 0.2) is 0 Å². The highest BCUT2D eigenvalue weighted by atomic mass is 16.6. The zero-order valence-corrected chi connectivity index (χ0v) is 13.7. The van der Waals surface area contributed by atoms with Gasteiger partial charge < -0.3 is 9.64 Å². The number of nitrogens with zero attached hydrogens (tertiary/aromatic N) is 3. The smallest absolute Gasteiger partial charge is 0.410 e. The molecule has 5 nitrogen and oxygen atoms in total. The van der Waals surface area contributed by atoms with Gasteiger partial charge in [-0.2, -0.15) is 5.26 Å². The van der Waals surface area contributed by atoms with Crippen LogP contribution in [0.3, 0.4) is 0 Å². The highest BCUT2D eigenvalue weighted by Crippen LogP contribution is 2.41. The van der Waals surface area contributed by atoms with Gasteiger partial charge in [0.25, 0.3) is 0 Å². The molecule has 0 saturated carbocycles. The molecule has 2 heterocycles. The molecule has 0 unspecified atom stereocenters. The summed E-state index contributed by atoms with van der Waals surface area (Å²) in [5.41, 5.74) is 2.37. The van der Waals surface area contributed by atoms with Crippen LogP contribution < -0.4 is 0 Å². The Morgan fingerprint density at radius 1 is 1.39 bits per heavy atom. The van der Waals surface area contributed by atoms with E-state index in [4.69, 9.17) is 10.00 Å². The molecule has 120 valence electrons. The number of ether oxygens (including phenoxy) is 1. The Kier molecular flexibility index (Phi) is 3.85. The third-order valence-corrected chi connectivity index (χ3v) is 4.28. The molecule has 1 aliphatic carbocycles. The minimum atomic E-state index is -0.459. The van der Waals surface area contributed by atoms with Crippen LogP contribution >= 0.6 is 0 Å². The highest BCUT2D eigenvalue weighted by molar-refractivity contribution is 5.72. The van der Waals surface area contributed by atoms with Crippen molar-refractivity contribution in [2.24, 2.45) is 11.8 Å². The molecule has 1 fully saturated rings. The minimum Gasteiger partial charge on any atom is -0.444 e. The maximum absolute atomic E-state index is 12.2. The Morgan fingerprint density at radius 2 is 2.17 bits per heavy atom. The Labute approximate surface area is 136 Å². The van der Waals surface area contributed by atoms with Gasteiger partial charge in [-0.25, -0.2) is 4.79 Å². The zero-order chi connectivity index (χ0) is 16.6. The van der Waals surface area contributed by atoms with Crippen molar-refractivity contribution >= 4 is 11.7 Å². The number of likely N-dealkylation sites (tertiary alicyclic amines) is 1. The molecule has 2 atom stereocenters. The predicted octanol–water partition coefficient (Wildman–Crippen LogP) is 3.22. The van der Waals surface area contributed by atoms with Gasteiger partial charge in [0, 0.05) is 25.5 Å². The average molecular weight is 311 g/mol. The van der Waals surface area contributed by atoms with E-state index in [1.807, 2.05) is 26.8 Å². The number of hydrogen-bond donors (Lipinski definition) is 0. The highest BCUT2D eigenvalue weighted by Gasteiger charge is 2.39. The Bertz CT molecular complexity index is 697. The molecule has 23 heavy (non-hydrogen) atoms. The number of hydrogen-bond acceptors (Lipinski definition) is 4. The first-order valence-electron chi connectivity index (χ1n) is 7.90. The first kappa shape index (κ1) is 15.5. The summed E-state index contributed by atoms with van der Waals surface area (Å²) in [6, 6.07) is 4.01. The molecule has 0 radical (unpaired) electrons. The molecular weight excluding hydrogens is 290 g/mol. The van der Waals surface area contributed by atoms with E-state index in [1.54, 1.807) is 17.3 Å². The molecule has 1 amide bonds. The van der Waals surface area contributed by atoms with Crippen LogP contribution in [-0.2, 0) is 4.74 Å². The number of fused-ring (bicyclic) bond motifs is 1. The first-order chi connectivity index (χ1) is 10.9. The molecule has 1 aromatic heterocycles. The molecular formula is C18H21N3O2. The van der Waals surface area contributed by atoms with Crippen molar-refractivity contribution in [1.82, 2.24) is 9.88 Å². The van der Waals surface area contributed by atoms with Crippen LogP contribution in [0.5, 0.6) is 0 Å². The summed E-state index contributed by atoms with van der Waals surface area (Å²) in [7, 11) is 0. The van der Waals surface area contributed by atoms with Crippen LogP contribution in [0.2, 0.25) is 0 Å². The molecule has 5 heteroatoms. The number of aromatic nitrogens is 1. The number of carbonyl (C=O) groups is 1. The third kappa shape index (κ3) is 3.37. The molecule has 2 aliphatic rings. The zero-order valence-electron chi connectivity index (χ0n) is 13.7. The number of pyridine rings is 1. The van der Waals surface area contributed by atoms with E-state index < -0.39 is 5.60 Å². The van der Waals surface area contributed by atoms with E-state index in [2.05, 4.69) is 17.1 Å². The summed E-state index contributed by atoms with van der Waals surface area (Å²) in [4.78, 5) is 18.1. The van der Waals surface area contributed by atoms with Crippen LogP contribution in [0.1, 0.15) is 38.3 Å². The Morgan fingerprint density at radius 3 is 2.83 bits per heavy atom. The largest absolute Gasteiger partial charge is 0.444 e. The van der Waals surface area contributed by atoms with E-state index in [9.17, 15) is 4.79 Å². The van der Waals surface area contributed by atoms with Gasteiger partial charge in [-0.3, -0.25) is 4.98 Å². The fraction of sp³-hybridized carbons (Fsp3) is 0.500. The second kappa shape index (κ2) is 5.69. The maximum Gasteiger partial charge on any atom is 0.410 e. The molecule has 1 aromatic rings. The van der Waals surface area contributed by atoms with E-state index in [0.29, 0.717) is 23.9 Å². The van der Waals surface area contributed by atoms with E-state index >= 15 is 0 Å². The summed E-state index contributed by atoms with van der Waals surface area (Å²) in [5.74, 6) is 0.798. The first-order valence-corrected chi connectivity index (χ1v) is 7.90. The average Bonchev–Trinajstić information content (AvgIpc) is 3.04. The van der Waals surface area contributed by atoms with Crippen molar-refractivity contribution < 1.29 is 9.53 Å². The number of nitriles is 1. The van der Waals surface area contributed by atoms with Crippen molar-refractivity contribution in [3.8, 4) is 6.07 Å². The second-order valence-corrected chi connectivity index (χ2v) is 7.28. The lowest BCUT2D eigenvalue weighted by molar-refractivity contribution is 0.0285. The van der Waals surface area contributed by atoms with Crippen LogP contribution in [0.4, 0.5) is 4.79 Å². The van der Waals surface area contributed by atoms with Gasteiger partial charge in [-0.05, 0) is 56.2 Å². The third-order valence-electron chi connectivity index (χ3n) is 4.28. The van der Waals surface area contributed by atoms with E-state index in [0.717, 1.165) is 18.5 Å². The number of carbonyl (C=O) groups excluding carboxylic acids is 1. The van der Waals surface area contributed by atoms with Crippen LogP contribution in [0.15, 0.2) is 24.5 Å². The normalized spacial score (nSPS) is 23.2. The van der Waals surface area contributed by atoms with Gasteiger partial charge in [0.1, 0.15) is 11.7 Å². The molecule has 1 saturated heterocycles. The van der Waals surface area contributed by atoms with Crippen LogP contribution in [0.25, 0.3) is 5.57 Å². The Balaban J connectivity index is 1.69. The fourth-order valence-electron chi connectivity index (χ4n) is 3.28. The number of rotatable bonds is 1. The van der Waals surface area contributed by atoms with Crippen molar-refractivity contribution in [1.29, 1.82) is 5.26 Å². The van der Waals surface area contributed by atoms with Gasteiger partial charge in [-0.1, -0.05) is 6.08 Å². The van der Waals surface area contributed by atoms with E-state index in [1.165, 1.54) is 5.57 Å². The standard InChI is InChI=1S/C18H21N3O2/c1-18(2,3)23-17(22)21-10-15-5-13(6-16(15)11-21)14-4-12(7-19)8-20-9-14/h4-5,8-9,15-16H,6,10-11H2,1-3H3/t15-,16+/m0/s1. The van der Waals surface area contributed by atoms with Crippen molar-refractivity contribution in [2.45, 2.75) is 32.8 Å². The lowest BCUT2D eigenvalue weighted by Crippen LogP contribution is -2.35. The fourth-order valence-corrected chi connectivity index (χ4v) is 3.28. The van der Waals surface area contributed by atoms with Crippen LogP contribution in [-0.4, -0.2) is 34.7 Å². The molecule has 0 aromatic carbocycles. The van der Waals surface area contributed by atoms with Crippen molar-refractivity contribution in [3.63, 3.8) is 0 Å². The summed E-state index contributed by atoms with van der Waals surface area (Å²) in [5, 5.41) is 8.99. The van der Waals surface area contributed by atoms with Gasteiger partial charge >= 0.3 is 6.09 Å². The predicted molar refractivity (Wildman–Crippen MR) is 86.3 cm³/mol. The quantitative estimate of drug-likeness (QED) is 0.798. The molecule has 3 rings (SSSR count). The lowest BCUT2D eigenvalue weighted by Gasteiger charge is -2.24.